The van der Waals surface area contributed by atoms with E-state index in [1.54, 1.807) is 11.8 Å². The van der Waals surface area contributed by atoms with E-state index < -0.39 is 0 Å². The van der Waals surface area contributed by atoms with Crippen LogP contribution in [0.15, 0.2) is 0 Å². The Kier molecular flexibility index (Phi) is 3.59. The van der Waals surface area contributed by atoms with Gasteiger partial charge in [-0.15, -0.1) is 0 Å². The van der Waals surface area contributed by atoms with Crippen LogP contribution in [0, 0.1) is 0 Å². The molecule has 0 saturated carbocycles. The van der Waals surface area contributed by atoms with Gasteiger partial charge in [-0.25, -0.2) is 4.79 Å². The molecule has 4 nitrogen and oxygen atoms in total. The molecule has 0 radical (unpaired) electrons. The van der Waals surface area contributed by atoms with Gasteiger partial charge in [-0.3, -0.25) is 9.69 Å². The third kappa shape index (κ3) is 2.37. The van der Waals surface area contributed by atoms with E-state index in [0.717, 1.165) is 22.8 Å². The summed E-state index contributed by atoms with van der Waals surface area (Å²) in [5.74, 6) is 1.85. The lowest BCUT2D eigenvalue weighted by molar-refractivity contribution is -0.126. The summed E-state index contributed by atoms with van der Waals surface area (Å²) in [6.07, 6.45) is 0.730. The highest BCUT2D eigenvalue weighted by molar-refractivity contribution is 7.99. The van der Waals surface area contributed by atoms with Gasteiger partial charge in [0.1, 0.15) is 6.04 Å². The summed E-state index contributed by atoms with van der Waals surface area (Å²) in [5, 5.41) is 2.64. The number of nitrogens with zero attached hydrogens (tertiary/aromatic N) is 1. The number of urea groups is 1. The fourth-order valence-corrected chi connectivity index (χ4v) is 1.87. The van der Waals surface area contributed by atoms with Gasteiger partial charge in [-0.1, -0.05) is 6.92 Å². The van der Waals surface area contributed by atoms with Crippen molar-refractivity contribution in [3.05, 3.63) is 0 Å². The van der Waals surface area contributed by atoms with E-state index in [1.807, 2.05) is 0 Å². The Morgan fingerprint density at radius 3 is 2.69 bits per heavy atom. The zero-order chi connectivity index (χ0) is 9.84. The molecule has 0 aromatic rings. The number of carbonyl (C=O) groups is 2. The molecule has 0 unspecified atom stereocenters. The van der Waals surface area contributed by atoms with Crippen molar-refractivity contribution in [3.63, 3.8) is 0 Å². The summed E-state index contributed by atoms with van der Waals surface area (Å²) in [5.41, 5.74) is 0. The van der Waals surface area contributed by atoms with Crippen LogP contribution in [-0.2, 0) is 4.79 Å². The maximum Gasteiger partial charge on any atom is 0.324 e. The van der Waals surface area contributed by atoms with Gasteiger partial charge in [-0.2, -0.15) is 11.8 Å². The Balaban J connectivity index is 2.36. The molecule has 1 aliphatic rings. The molecule has 5 heteroatoms. The lowest BCUT2D eigenvalue weighted by atomic mass is 10.2. The Morgan fingerprint density at radius 1 is 1.54 bits per heavy atom. The van der Waals surface area contributed by atoms with Gasteiger partial charge in [0.25, 0.3) is 5.91 Å². The minimum Gasteiger partial charge on any atom is -0.326 e. The van der Waals surface area contributed by atoms with Gasteiger partial charge >= 0.3 is 6.03 Å². The summed E-state index contributed by atoms with van der Waals surface area (Å²) in [6, 6.07) is -0.576. The third-order valence-corrected chi connectivity index (χ3v) is 2.92. The van der Waals surface area contributed by atoms with Crippen LogP contribution >= 0.6 is 11.8 Å². The highest BCUT2D eigenvalue weighted by Gasteiger charge is 2.34. The maximum atomic E-state index is 11.3. The van der Waals surface area contributed by atoms with Gasteiger partial charge in [-0.05, 0) is 17.9 Å². The molecule has 0 aliphatic carbocycles. The van der Waals surface area contributed by atoms with Gasteiger partial charge in [0.15, 0.2) is 0 Å². The number of thioether (sulfide) groups is 1. The minimum absolute atomic E-state index is 0.110. The van der Waals surface area contributed by atoms with Crippen LogP contribution in [0.1, 0.15) is 13.3 Å². The molecule has 0 aromatic heterocycles. The molecule has 1 saturated heterocycles. The average molecular weight is 202 g/mol. The predicted molar refractivity (Wildman–Crippen MR) is 52.7 cm³/mol. The van der Waals surface area contributed by atoms with E-state index in [4.69, 9.17) is 0 Å². The molecule has 0 spiro atoms. The molecule has 1 atom stereocenters. The molecular formula is C8H14N2O2S. The molecule has 1 fully saturated rings. The monoisotopic (exact) mass is 202 g/mol. The lowest BCUT2D eigenvalue weighted by Crippen LogP contribution is -2.29. The molecule has 1 N–H and O–H groups in total. The molecule has 1 aliphatic heterocycles. The van der Waals surface area contributed by atoms with E-state index in [9.17, 15) is 9.59 Å². The van der Waals surface area contributed by atoms with Crippen molar-refractivity contribution in [2.75, 3.05) is 18.6 Å². The van der Waals surface area contributed by atoms with E-state index >= 15 is 0 Å². The number of carbonyl (C=O) groups excluding carboxylic acids is 2. The molecule has 0 bridgehead atoms. The van der Waals surface area contributed by atoms with E-state index in [1.165, 1.54) is 7.05 Å². The molecule has 0 aromatic carbocycles. The largest absolute Gasteiger partial charge is 0.326 e. The summed E-state index contributed by atoms with van der Waals surface area (Å²) >= 11 is 1.78. The lowest BCUT2D eigenvalue weighted by Gasteiger charge is -2.06. The zero-order valence-electron chi connectivity index (χ0n) is 7.87. The Labute approximate surface area is 82.0 Å². The van der Waals surface area contributed by atoms with Crippen molar-refractivity contribution in [2.24, 2.45) is 0 Å². The second-order valence-electron chi connectivity index (χ2n) is 2.88. The van der Waals surface area contributed by atoms with E-state index in [2.05, 4.69) is 12.2 Å². The fraction of sp³-hybridized carbons (Fsp3) is 0.750. The zero-order valence-corrected chi connectivity index (χ0v) is 8.69. The van der Waals surface area contributed by atoms with Crippen molar-refractivity contribution < 1.29 is 9.59 Å². The molecule has 13 heavy (non-hydrogen) atoms. The third-order valence-electron chi connectivity index (χ3n) is 1.99. The number of hydrogen-bond donors (Lipinski definition) is 1. The van der Waals surface area contributed by atoms with Crippen molar-refractivity contribution in [1.29, 1.82) is 0 Å². The van der Waals surface area contributed by atoms with Crippen LogP contribution in [0.25, 0.3) is 0 Å². The first-order chi connectivity index (χ1) is 6.16. The van der Waals surface area contributed by atoms with E-state index in [-0.39, 0.29) is 18.0 Å². The fourth-order valence-electron chi connectivity index (χ4n) is 1.18. The first-order valence-electron chi connectivity index (χ1n) is 4.32. The molecule has 1 heterocycles. The summed E-state index contributed by atoms with van der Waals surface area (Å²) in [6.45, 7) is 2.08. The Morgan fingerprint density at radius 2 is 2.23 bits per heavy atom. The Bertz CT molecular complexity index is 220. The van der Waals surface area contributed by atoms with Crippen LogP contribution in [0.3, 0.4) is 0 Å². The topological polar surface area (TPSA) is 49.4 Å². The van der Waals surface area contributed by atoms with Gasteiger partial charge in [0.2, 0.25) is 0 Å². The minimum atomic E-state index is -0.295. The molecule has 1 rings (SSSR count). The van der Waals surface area contributed by atoms with Crippen molar-refractivity contribution in [1.82, 2.24) is 10.2 Å². The second kappa shape index (κ2) is 4.50. The van der Waals surface area contributed by atoms with Crippen LogP contribution in [0.2, 0.25) is 0 Å². The quantitative estimate of drug-likeness (QED) is 0.538. The maximum absolute atomic E-state index is 11.3. The predicted octanol–water partition coefficient (Wildman–Crippen LogP) is 0.680. The second-order valence-corrected chi connectivity index (χ2v) is 4.28. The summed E-state index contributed by atoms with van der Waals surface area (Å²) < 4.78 is 0. The van der Waals surface area contributed by atoms with Crippen LogP contribution in [0.4, 0.5) is 4.79 Å². The standard InChI is InChI=1S/C8H14N2O2S/c1-3-13-5-4-6-7(11)10(2)8(12)9-6/h6H,3-5H2,1-2H3,(H,9,12)/t6-/m0/s1. The summed E-state index contributed by atoms with van der Waals surface area (Å²) in [4.78, 5) is 23.5. The van der Waals surface area contributed by atoms with Crippen molar-refractivity contribution in [3.8, 4) is 0 Å². The first kappa shape index (κ1) is 10.4. The van der Waals surface area contributed by atoms with E-state index in [0.29, 0.717) is 0 Å². The van der Waals surface area contributed by atoms with Gasteiger partial charge in [0, 0.05) is 7.05 Å². The number of nitrogens with one attached hydrogen (secondary N) is 1. The van der Waals surface area contributed by atoms with Crippen LogP contribution < -0.4 is 5.32 Å². The number of amides is 3. The highest BCUT2D eigenvalue weighted by atomic mass is 32.2. The number of likely N-dealkylation sites (N-methyl/N-ethyl adjacent to an activating group) is 1. The smallest absolute Gasteiger partial charge is 0.324 e. The van der Waals surface area contributed by atoms with Gasteiger partial charge in [0.05, 0.1) is 0 Å². The summed E-state index contributed by atoms with van der Waals surface area (Å²) in [7, 11) is 1.50. The SMILES string of the molecule is CCSCC[C@@H]1NC(=O)N(C)C1=O. The number of hydrogen-bond acceptors (Lipinski definition) is 3. The molecule has 74 valence electrons. The van der Waals surface area contributed by atoms with Crippen LogP contribution in [-0.4, -0.2) is 41.4 Å². The van der Waals surface area contributed by atoms with Crippen LogP contribution in [0.5, 0.6) is 0 Å². The van der Waals surface area contributed by atoms with Crippen molar-refractivity contribution >= 4 is 23.7 Å². The normalized spacial score (nSPS) is 22.3. The first-order valence-corrected chi connectivity index (χ1v) is 5.48. The van der Waals surface area contributed by atoms with Crippen molar-refractivity contribution in [2.45, 2.75) is 19.4 Å². The highest BCUT2D eigenvalue weighted by Crippen LogP contribution is 2.10. The van der Waals surface area contributed by atoms with Gasteiger partial charge < -0.3 is 5.32 Å². The molecule has 3 amide bonds. The Hall–Kier alpha value is -0.710. The number of imide groups is 1. The molecular weight excluding hydrogens is 188 g/mol. The average Bonchev–Trinajstić information content (AvgIpc) is 2.34. The number of rotatable bonds is 4.